The number of methoxy groups -OCH3 is 1. The molecule has 1 N–H and O–H groups in total. The third kappa shape index (κ3) is 5.14. The van der Waals surface area contributed by atoms with E-state index in [4.69, 9.17) is 9.47 Å². The first-order chi connectivity index (χ1) is 14.5. The van der Waals surface area contributed by atoms with Crippen LogP contribution in [0.1, 0.15) is 11.1 Å². The lowest BCUT2D eigenvalue weighted by atomic mass is 10.0. The average molecular weight is 406 g/mol. The topological polar surface area (TPSA) is 90.7 Å². The first-order valence-corrected chi connectivity index (χ1v) is 9.35. The van der Waals surface area contributed by atoms with E-state index in [0.717, 1.165) is 16.7 Å². The van der Waals surface area contributed by atoms with Crippen molar-refractivity contribution < 1.29 is 19.2 Å². The highest BCUT2D eigenvalue weighted by atomic mass is 16.6. The molecule has 0 unspecified atom stereocenters. The van der Waals surface area contributed by atoms with Gasteiger partial charge in [0.15, 0.2) is 6.61 Å². The van der Waals surface area contributed by atoms with Crippen molar-refractivity contribution in [2.24, 2.45) is 0 Å². The molecule has 1 amide bonds. The van der Waals surface area contributed by atoms with Crippen LogP contribution in [0.5, 0.6) is 11.5 Å². The lowest BCUT2D eigenvalue weighted by molar-refractivity contribution is -0.384. The minimum Gasteiger partial charge on any atom is -0.497 e. The van der Waals surface area contributed by atoms with Gasteiger partial charge >= 0.3 is 0 Å². The molecular weight excluding hydrogens is 384 g/mol. The summed E-state index contributed by atoms with van der Waals surface area (Å²) in [4.78, 5) is 23.0. The van der Waals surface area contributed by atoms with Crippen molar-refractivity contribution in [3.8, 4) is 22.6 Å². The average Bonchev–Trinajstić information content (AvgIpc) is 2.77. The van der Waals surface area contributed by atoms with Crippen LogP contribution in [-0.2, 0) is 11.3 Å². The van der Waals surface area contributed by atoms with Gasteiger partial charge in [-0.15, -0.1) is 0 Å². The van der Waals surface area contributed by atoms with Crippen LogP contribution >= 0.6 is 0 Å². The molecule has 0 aromatic heterocycles. The number of ether oxygens (including phenoxy) is 2. The van der Waals surface area contributed by atoms with Gasteiger partial charge in [0.05, 0.1) is 12.0 Å². The zero-order valence-electron chi connectivity index (χ0n) is 16.8. The van der Waals surface area contributed by atoms with E-state index in [1.807, 2.05) is 31.2 Å². The Labute approximate surface area is 174 Å². The fourth-order valence-corrected chi connectivity index (χ4v) is 2.95. The molecule has 3 aromatic rings. The van der Waals surface area contributed by atoms with E-state index in [1.165, 1.54) is 18.2 Å². The lowest BCUT2D eigenvalue weighted by Gasteiger charge is -2.13. The Morgan fingerprint density at radius 3 is 2.47 bits per heavy atom. The Morgan fingerprint density at radius 2 is 1.80 bits per heavy atom. The van der Waals surface area contributed by atoms with Crippen molar-refractivity contribution in [1.82, 2.24) is 5.32 Å². The minimum atomic E-state index is -0.467. The molecule has 0 heterocycles. The Morgan fingerprint density at radius 1 is 1.07 bits per heavy atom. The van der Waals surface area contributed by atoms with Crippen LogP contribution in [0.2, 0.25) is 0 Å². The van der Waals surface area contributed by atoms with Crippen molar-refractivity contribution in [2.45, 2.75) is 13.5 Å². The third-order valence-corrected chi connectivity index (χ3v) is 4.67. The molecule has 0 aliphatic carbocycles. The van der Waals surface area contributed by atoms with Gasteiger partial charge in [-0.3, -0.25) is 14.9 Å². The second-order valence-corrected chi connectivity index (χ2v) is 6.66. The van der Waals surface area contributed by atoms with Crippen LogP contribution in [0, 0.1) is 17.0 Å². The number of carbonyl (C=O) groups excluding carboxylic acids is 1. The van der Waals surface area contributed by atoms with E-state index < -0.39 is 4.92 Å². The van der Waals surface area contributed by atoms with Crippen molar-refractivity contribution in [3.63, 3.8) is 0 Å². The fraction of sp³-hybridized carbons (Fsp3) is 0.174. The fourth-order valence-electron chi connectivity index (χ4n) is 2.95. The number of aryl methyl sites for hydroxylation is 1. The zero-order valence-corrected chi connectivity index (χ0v) is 16.8. The van der Waals surface area contributed by atoms with Gasteiger partial charge in [-0.2, -0.15) is 0 Å². The molecule has 0 spiro atoms. The van der Waals surface area contributed by atoms with Crippen molar-refractivity contribution in [2.75, 3.05) is 13.7 Å². The van der Waals surface area contributed by atoms with E-state index in [2.05, 4.69) is 5.32 Å². The number of hydrogen-bond acceptors (Lipinski definition) is 5. The van der Waals surface area contributed by atoms with Gasteiger partial charge in [-0.05, 0) is 41.8 Å². The van der Waals surface area contributed by atoms with Crippen molar-refractivity contribution in [3.05, 3.63) is 88.0 Å². The minimum absolute atomic E-state index is 0.0582. The van der Waals surface area contributed by atoms with E-state index in [0.29, 0.717) is 23.6 Å². The van der Waals surface area contributed by atoms with Gasteiger partial charge in [-0.25, -0.2) is 0 Å². The predicted octanol–water partition coefficient (Wildman–Crippen LogP) is 4.27. The molecule has 30 heavy (non-hydrogen) atoms. The van der Waals surface area contributed by atoms with E-state index in [1.54, 1.807) is 31.4 Å². The first kappa shape index (κ1) is 20.9. The number of non-ortho nitro benzene ring substituents is 1. The number of nitro benzene ring substituents is 1. The number of hydrogen-bond donors (Lipinski definition) is 1. The molecule has 0 radical (unpaired) electrons. The quantitative estimate of drug-likeness (QED) is 0.446. The Hall–Kier alpha value is -3.87. The molecule has 7 nitrogen and oxygen atoms in total. The van der Waals surface area contributed by atoms with Crippen molar-refractivity contribution >= 4 is 11.6 Å². The number of amides is 1. The highest BCUT2D eigenvalue weighted by molar-refractivity contribution is 5.79. The van der Waals surface area contributed by atoms with Crippen molar-refractivity contribution in [1.29, 1.82) is 0 Å². The second-order valence-electron chi connectivity index (χ2n) is 6.66. The summed E-state index contributed by atoms with van der Waals surface area (Å²) in [6.45, 7) is 2.18. The molecule has 154 valence electrons. The van der Waals surface area contributed by atoms with Crippen LogP contribution in [0.25, 0.3) is 11.1 Å². The monoisotopic (exact) mass is 406 g/mol. The SMILES string of the molecule is COc1ccc(-c2cc([N+](=O)[O-])ccc2OCC(=O)NCc2ccccc2C)cc1. The molecule has 3 aromatic carbocycles. The van der Waals surface area contributed by atoms with E-state index >= 15 is 0 Å². The number of nitrogens with one attached hydrogen (secondary N) is 1. The van der Waals surface area contributed by atoms with Crippen LogP contribution < -0.4 is 14.8 Å². The summed E-state index contributed by atoms with van der Waals surface area (Å²) >= 11 is 0. The molecule has 0 aliphatic heterocycles. The Balaban J connectivity index is 1.73. The summed E-state index contributed by atoms with van der Waals surface area (Å²) in [6, 6.07) is 19.2. The molecule has 0 saturated heterocycles. The van der Waals surface area contributed by atoms with Gasteiger partial charge in [0.2, 0.25) is 0 Å². The van der Waals surface area contributed by atoms with Crippen LogP contribution in [0.4, 0.5) is 5.69 Å². The van der Waals surface area contributed by atoms with Gasteiger partial charge in [0, 0.05) is 24.2 Å². The number of nitrogens with zero attached hydrogens (tertiary/aromatic N) is 1. The Bertz CT molecular complexity index is 1050. The van der Waals surface area contributed by atoms with Gasteiger partial charge in [0.1, 0.15) is 11.5 Å². The first-order valence-electron chi connectivity index (χ1n) is 9.35. The van der Waals surface area contributed by atoms with Crippen LogP contribution in [0.15, 0.2) is 66.7 Å². The standard InChI is InChI=1S/C23H22N2O5/c1-16-5-3-4-6-18(16)14-24-23(26)15-30-22-12-9-19(25(27)28)13-21(22)17-7-10-20(29-2)11-8-17/h3-13H,14-15H2,1-2H3,(H,24,26). The third-order valence-electron chi connectivity index (χ3n) is 4.67. The largest absolute Gasteiger partial charge is 0.497 e. The van der Waals surface area contributed by atoms with E-state index in [9.17, 15) is 14.9 Å². The maximum atomic E-state index is 12.2. The molecule has 7 heteroatoms. The number of benzene rings is 3. The second kappa shape index (κ2) is 9.56. The number of nitro groups is 1. The molecule has 0 bridgehead atoms. The molecule has 0 atom stereocenters. The normalized spacial score (nSPS) is 10.3. The predicted molar refractivity (Wildman–Crippen MR) is 114 cm³/mol. The Kier molecular flexibility index (Phi) is 6.64. The highest BCUT2D eigenvalue weighted by Gasteiger charge is 2.15. The smallest absolute Gasteiger partial charge is 0.270 e. The number of rotatable bonds is 8. The highest BCUT2D eigenvalue weighted by Crippen LogP contribution is 2.34. The molecule has 0 fully saturated rings. The zero-order chi connectivity index (χ0) is 21.5. The molecule has 3 rings (SSSR count). The van der Waals surface area contributed by atoms with E-state index in [-0.39, 0.29) is 18.2 Å². The van der Waals surface area contributed by atoms with Gasteiger partial charge in [-0.1, -0.05) is 36.4 Å². The van der Waals surface area contributed by atoms with Crippen LogP contribution in [0.3, 0.4) is 0 Å². The lowest BCUT2D eigenvalue weighted by Crippen LogP contribution is -2.28. The van der Waals surface area contributed by atoms with Gasteiger partial charge in [0.25, 0.3) is 11.6 Å². The summed E-state index contributed by atoms with van der Waals surface area (Å²) in [5, 5.41) is 14.0. The summed E-state index contributed by atoms with van der Waals surface area (Å²) in [5.74, 6) is 0.774. The molecular formula is C23H22N2O5. The van der Waals surface area contributed by atoms with Crippen LogP contribution in [-0.4, -0.2) is 24.5 Å². The summed E-state index contributed by atoms with van der Waals surface area (Å²) in [7, 11) is 1.56. The summed E-state index contributed by atoms with van der Waals surface area (Å²) in [5.41, 5.74) is 3.31. The molecule has 0 aliphatic rings. The van der Waals surface area contributed by atoms with Gasteiger partial charge < -0.3 is 14.8 Å². The molecule has 0 saturated carbocycles. The summed E-state index contributed by atoms with van der Waals surface area (Å²) < 4.78 is 10.9. The maximum absolute atomic E-state index is 12.2. The summed E-state index contributed by atoms with van der Waals surface area (Å²) in [6.07, 6.45) is 0. The number of carbonyl (C=O) groups is 1. The maximum Gasteiger partial charge on any atom is 0.270 e.